The molecular weight excluding hydrogens is 266 g/mol. The third-order valence-corrected chi connectivity index (χ3v) is 4.61. The van der Waals surface area contributed by atoms with Crippen molar-refractivity contribution in [3.8, 4) is 6.07 Å². The molecule has 4 heteroatoms. The quantitative estimate of drug-likeness (QED) is 0.779. The van der Waals surface area contributed by atoms with Crippen LogP contribution in [0.2, 0.25) is 0 Å². The van der Waals surface area contributed by atoms with E-state index >= 15 is 0 Å². The Kier molecular flexibility index (Phi) is 5.75. The minimum absolute atomic E-state index is 0.850. The first-order valence-corrected chi connectivity index (χ1v) is 8.41. The van der Waals surface area contributed by atoms with Crippen LogP contribution in [-0.2, 0) is 0 Å². The normalized spacial score (nSPS) is 16.1. The summed E-state index contributed by atoms with van der Waals surface area (Å²) in [6, 6.07) is 8.63. The molecule has 0 N–H and O–H groups in total. The standard InChI is InChI=1S/C16H23N3S/c1-3-8-18-9-11-19(12-10-18)15-6-5-7-16(20-4-2)14(15)13-17/h5-7H,3-4,8-12H2,1-2H3. The second kappa shape index (κ2) is 7.56. The predicted octanol–water partition coefficient (Wildman–Crippen LogP) is 3.20. The zero-order valence-electron chi connectivity index (χ0n) is 12.4. The fourth-order valence-corrected chi connectivity index (χ4v) is 3.48. The van der Waals surface area contributed by atoms with Crippen molar-refractivity contribution in [1.29, 1.82) is 5.26 Å². The van der Waals surface area contributed by atoms with E-state index in [0.29, 0.717) is 0 Å². The molecule has 0 radical (unpaired) electrons. The minimum atomic E-state index is 0.850. The van der Waals surface area contributed by atoms with Gasteiger partial charge in [0, 0.05) is 31.1 Å². The van der Waals surface area contributed by atoms with Crippen LogP contribution < -0.4 is 4.90 Å². The predicted molar refractivity (Wildman–Crippen MR) is 86.5 cm³/mol. The SMILES string of the molecule is CCCN1CCN(c2cccc(SCC)c2C#N)CC1. The highest BCUT2D eigenvalue weighted by molar-refractivity contribution is 7.99. The molecule has 0 unspecified atom stereocenters. The van der Waals surface area contributed by atoms with Gasteiger partial charge < -0.3 is 4.90 Å². The molecular formula is C16H23N3S. The van der Waals surface area contributed by atoms with Crippen LogP contribution in [0.1, 0.15) is 25.8 Å². The summed E-state index contributed by atoms with van der Waals surface area (Å²) in [6.07, 6.45) is 1.21. The zero-order chi connectivity index (χ0) is 14.4. The molecule has 0 bridgehead atoms. The molecule has 0 atom stereocenters. The molecule has 1 aromatic rings. The molecule has 0 saturated carbocycles. The Hall–Kier alpha value is -1.18. The second-order valence-corrected chi connectivity index (χ2v) is 6.33. The number of nitriles is 1. The van der Waals surface area contributed by atoms with Gasteiger partial charge in [0.05, 0.1) is 11.3 Å². The van der Waals surface area contributed by atoms with E-state index in [0.717, 1.165) is 48.1 Å². The smallest absolute Gasteiger partial charge is 0.103 e. The Morgan fingerprint density at radius 3 is 2.55 bits per heavy atom. The Morgan fingerprint density at radius 2 is 1.95 bits per heavy atom. The van der Waals surface area contributed by atoms with Crippen LogP contribution in [0.4, 0.5) is 5.69 Å². The average molecular weight is 289 g/mol. The molecule has 0 aliphatic carbocycles. The van der Waals surface area contributed by atoms with E-state index in [1.54, 1.807) is 11.8 Å². The molecule has 2 rings (SSSR count). The van der Waals surface area contributed by atoms with Crippen molar-refractivity contribution in [3.63, 3.8) is 0 Å². The molecule has 0 spiro atoms. The first-order valence-electron chi connectivity index (χ1n) is 7.43. The lowest BCUT2D eigenvalue weighted by atomic mass is 10.1. The molecule has 20 heavy (non-hydrogen) atoms. The molecule has 1 aliphatic heterocycles. The summed E-state index contributed by atoms with van der Waals surface area (Å²) in [5.74, 6) is 1.00. The summed E-state index contributed by atoms with van der Waals surface area (Å²) in [4.78, 5) is 5.99. The molecule has 108 valence electrons. The van der Waals surface area contributed by atoms with Crippen LogP contribution in [0, 0.1) is 11.3 Å². The van der Waals surface area contributed by atoms with Gasteiger partial charge in [-0.1, -0.05) is 19.9 Å². The topological polar surface area (TPSA) is 30.3 Å². The van der Waals surface area contributed by atoms with Crippen molar-refractivity contribution in [3.05, 3.63) is 23.8 Å². The van der Waals surface area contributed by atoms with E-state index in [9.17, 15) is 5.26 Å². The summed E-state index contributed by atoms with van der Waals surface area (Å²) in [7, 11) is 0. The number of benzene rings is 1. The highest BCUT2D eigenvalue weighted by atomic mass is 32.2. The largest absolute Gasteiger partial charge is 0.368 e. The van der Waals surface area contributed by atoms with Crippen molar-refractivity contribution < 1.29 is 0 Å². The highest BCUT2D eigenvalue weighted by Crippen LogP contribution is 2.30. The van der Waals surface area contributed by atoms with Gasteiger partial charge in [0.2, 0.25) is 0 Å². The molecule has 0 amide bonds. The molecule has 1 aliphatic rings. The van der Waals surface area contributed by atoms with Crippen LogP contribution in [0.25, 0.3) is 0 Å². The Morgan fingerprint density at radius 1 is 1.20 bits per heavy atom. The molecule has 1 aromatic carbocycles. The second-order valence-electron chi connectivity index (χ2n) is 5.02. The maximum Gasteiger partial charge on any atom is 0.103 e. The number of hydrogen-bond donors (Lipinski definition) is 0. The van der Waals surface area contributed by atoms with Gasteiger partial charge in [0.15, 0.2) is 0 Å². The number of nitrogens with zero attached hydrogens (tertiary/aromatic N) is 3. The maximum absolute atomic E-state index is 9.49. The molecule has 3 nitrogen and oxygen atoms in total. The zero-order valence-corrected chi connectivity index (χ0v) is 13.2. The van der Waals surface area contributed by atoms with Crippen molar-refractivity contribution in [1.82, 2.24) is 4.90 Å². The van der Waals surface area contributed by atoms with Crippen molar-refractivity contribution in [2.75, 3.05) is 43.4 Å². The van der Waals surface area contributed by atoms with Crippen LogP contribution in [0.3, 0.4) is 0 Å². The van der Waals surface area contributed by atoms with E-state index in [1.165, 1.54) is 13.0 Å². The Bertz CT molecular complexity index is 473. The number of thioether (sulfide) groups is 1. The van der Waals surface area contributed by atoms with Crippen molar-refractivity contribution in [2.45, 2.75) is 25.2 Å². The lowest BCUT2D eigenvalue weighted by molar-refractivity contribution is 0.258. The van der Waals surface area contributed by atoms with E-state index in [4.69, 9.17) is 0 Å². The van der Waals surface area contributed by atoms with Crippen molar-refractivity contribution in [2.24, 2.45) is 0 Å². The van der Waals surface area contributed by atoms with Crippen LogP contribution >= 0.6 is 11.8 Å². The van der Waals surface area contributed by atoms with Crippen LogP contribution in [0.5, 0.6) is 0 Å². The van der Waals surface area contributed by atoms with Gasteiger partial charge >= 0.3 is 0 Å². The summed E-state index contributed by atoms with van der Waals surface area (Å²) in [5.41, 5.74) is 1.96. The average Bonchev–Trinajstić information content (AvgIpc) is 2.48. The fraction of sp³-hybridized carbons (Fsp3) is 0.562. The summed E-state index contributed by atoms with van der Waals surface area (Å²) in [5, 5.41) is 9.49. The highest BCUT2D eigenvalue weighted by Gasteiger charge is 2.19. The van der Waals surface area contributed by atoms with Gasteiger partial charge in [0.1, 0.15) is 6.07 Å². The lowest BCUT2D eigenvalue weighted by Gasteiger charge is -2.36. The minimum Gasteiger partial charge on any atom is -0.368 e. The molecule has 1 heterocycles. The first kappa shape index (κ1) is 15.2. The number of anilines is 1. The van der Waals surface area contributed by atoms with Gasteiger partial charge in [-0.15, -0.1) is 11.8 Å². The third-order valence-electron chi connectivity index (χ3n) is 3.67. The summed E-state index contributed by atoms with van der Waals surface area (Å²) >= 11 is 1.75. The van der Waals surface area contributed by atoms with Gasteiger partial charge in [0.25, 0.3) is 0 Å². The van der Waals surface area contributed by atoms with Crippen LogP contribution in [0.15, 0.2) is 23.1 Å². The fourth-order valence-electron chi connectivity index (χ4n) is 2.70. The monoisotopic (exact) mass is 289 g/mol. The number of piperazine rings is 1. The van der Waals surface area contributed by atoms with Gasteiger partial charge in [-0.05, 0) is 30.9 Å². The van der Waals surface area contributed by atoms with Gasteiger partial charge in [-0.25, -0.2) is 0 Å². The number of hydrogen-bond acceptors (Lipinski definition) is 4. The van der Waals surface area contributed by atoms with E-state index in [1.807, 2.05) is 0 Å². The Labute approximate surface area is 126 Å². The van der Waals surface area contributed by atoms with E-state index in [-0.39, 0.29) is 0 Å². The van der Waals surface area contributed by atoms with Crippen LogP contribution in [-0.4, -0.2) is 43.4 Å². The Balaban J connectivity index is 2.14. The van der Waals surface area contributed by atoms with Gasteiger partial charge in [-0.3, -0.25) is 4.90 Å². The first-order chi connectivity index (χ1) is 9.80. The molecule has 0 aromatic heterocycles. The maximum atomic E-state index is 9.49. The van der Waals surface area contributed by atoms with Crippen molar-refractivity contribution >= 4 is 17.4 Å². The lowest BCUT2D eigenvalue weighted by Crippen LogP contribution is -2.46. The number of rotatable bonds is 5. The summed E-state index contributed by atoms with van der Waals surface area (Å²) in [6.45, 7) is 9.79. The van der Waals surface area contributed by atoms with Gasteiger partial charge in [-0.2, -0.15) is 5.26 Å². The third kappa shape index (κ3) is 3.47. The molecule has 1 fully saturated rings. The van der Waals surface area contributed by atoms with E-state index in [2.05, 4.69) is 47.9 Å². The summed E-state index contributed by atoms with van der Waals surface area (Å²) < 4.78 is 0. The molecule has 1 saturated heterocycles. The van der Waals surface area contributed by atoms with E-state index < -0.39 is 0 Å².